The van der Waals surface area contributed by atoms with Gasteiger partial charge in [0.05, 0.1) is 38.7 Å². The second-order valence-electron chi connectivity index (χ2n) is 9.82. The summed E-state index contributed by atoms with van der Waals surface area (Å²) < 4.78 is 17.0. The van der Waals surface area contributed by atoms with Gasteiger partial charge in [0, 0.05) is 29.7 Å². The summed E-state index contributed by atoms with van der Waals surface area (Å²) in [4.78, 5) is 29.3. The van der Waals surface area contributed by atoms with Crippen LogP contribution in [-0.4, -0.2) is 33.0 Å². The second-order valence-corrected chi connectivity index (χ2v) is 9.82. The van der Waals surface area contributed by atoms with E-state index in [1.807, 2.05) is 37.3 Å². The lowest BCUT2D eigenvalue weighted by atomic mass is 9.73. The summed E-state index contributed by atoms with van der Waals surface area (Å²) in [5.74, 6) is 1.33. The summed E-state index contributed by atoms with van der Waals surface area (Å²) in [6.45, 7) is 6.17. The zero-order valence-corrected chi connectivity index (χ0v) is 21.4. The van der Waals surface area contributed by atoms with Crippen molar-refractivity contribution in [2.24, 2.45) is 5.41 Å². The minimum absolute atomic E-state index is 0.0210. The zero-order valence-electron chi connectivity index (χ0n) is 21.4. The summed E-state index contributed by atoms with van der Waals surface area (Å²) in [5, 5.41) is 3.53. The Morgan fingerprint density at radius 1 is 1.03 bits per heavy atom. The van der Waals surface area contributed by atoms with E-state index in [4.69, 9.17) is 14.2 Å². The highest BCUT2D eigenvalue weighted by atomic mass is 16.5. The summed E-state index contributed by atoms with van der Waals surface area (Å²) in [6.07, 6.45) is 2.12. The number of anilines is 2. The molecule has 1 amide bonds. The van der Waals surface area contributed by atoms with Crippen molar-refractivity contribution in [2.45, 2.75) is 52.5 Å². The minimum Gasteiger partial charge on any atom is -0.493 e. The van der Waals surface area contributed by atoms with Gasteiger partial charge < -0.3 is 19.5 Å². The van der Waals surface area contributed by atoms with Crippen LogP contribution in [0.2, 0.25) is 0 Å². The summed E-state index contributed by atoms with van der Waals surface area (Å²) in [7, 11) is 4.67. The molecule has 0 saturated carbocycles. The number of amides is 1. The van der Waals surface area contributed by atoms with Crippen molar-refractivity contribution in [1.82, 2.24) is 0 Å². The van der Waals surface area contributed by atoms with E-state index >= 15 is 0 Å². The number of Topliss-reactive ketones (excluding diaryl/α,β-unsaturated/α-hetero) is 1. The van der Waals surface area contributed by atoms with E-state index in [1.54, 1.807) is 32.3 Å². The first-order valence-corrected chi connectivity index (χ1v) is 12.0. The molecule has 4 rings (SSSR count). The van der Waals surface area contributed by atoms with Crippen molar-refractivity contribution in [1.29, 1.82) is 0 Å². The van der Waals surface area contributed by atoms with Crippen LogP contribution in [0.4, 0.5) is 11.4 Å². The molecule has 0 aromatic heterocycles. The van der Waals surface area contributed by atoms with Crippen LogP contribution in [0, 0.1) is 5.41 Å². The lowest BCUT2D eigenvalue weighted by Crippen LogP contribution is -2.39. The Bertz CT molecular complexity index is 1180. The molecule has 1 aliphatic carbocycles. The molecule has 2 aromatic rings. The van der Waals surface area contributed by atoms with Crippen LogP contribution >= 0.6 is 0 Å². The van der Waals surface area contributed by atoms with E-state index < -0.39 is 6.04 Å². The fraction of sp³-hybridized carbons (Fsp3) is 0.429. The summed E-state index contributed by atoms with van der Waals surface area (Å²) >= 11 is 0. The van der Waals surface area contributed by atoms with Crippen LogP contribution in [0.1, 0.15) is 58.1 Å². The van der Waals surface area contributed by atoms with Crippen molar-refractivity contribution in [3.05, 3.63) is 53.2 Å². The molecule has 0 spiro atoms. The van der Waals surface area contributed by atoms with Gasteiger partial charge in [0.2, 0.25) is 11.7 Å². The predicted molar refractivity (Wildman–Crippen MR) is 136 cm³/mol. The molecular weight excluding hydrogens is 444 g/mol. The number of carbonyl (C=O) groups excluding carboxylic acids is 2. The first-order valence-electron chi connectivity index (χ1n) is 12.0. The Hall–Kier alpha value is -3.48. The number of fused-ring (bicyclic) bond motifs is 1. The van der Waals surface area contributed by atoms with Gasteiger partial charge in [-0.3, -0.25) is 14.5 Å². The molecule has 2 aromatic carbocycles. The fourth-order valence-electron chi connectivity index (χ4n) is 5.23. The van der Waals surface area contributed by atoms with Gasteiger partial charge in [0.15, 0.2) is 17.3 Å². The topological polar surface area (TPSA) is 77.1 Å². The van der Waals surface area contributed by atoms with E-state index in [9.17, 15) is 9.59 Å². The molecule has 0 saturated heterocycles. The predicted octanol–water partition coefficient (Wildman–Crippen LogP) is 5.66. The number of para-hydroxylation sites is 2. The van der Waals surface area contributed by atoms with Crippen molar-refractivity contribution >= 4 is 23.1 Å². The standard InChI is InChI=1S/C28H34N2O5/c1-7-10-23(32)30-20-12-9-8-11-18(20)29-19-15-28(2,3)16-21(31)24(19)25(30)17-13-14-22(33-4)27(35-6)26(17)34-5/h8-9,11-14,25,29H,7,10,15-16H2,1-6H3. The lowest BCUT2D eigenvalue weighted by molar-refractivity contribution is -0.119. The van der Waals surface area contributed by atoms with Crippen molar-refractivity contribution in [3.8, 4) is 17.2 Å². The fourth-order valence-corrected chi connectivity index (χ4v) is 5.23. The number of methoxy groups -OCH3 is 3. The number of nitrogens with zero attached hydrogens (tertiary/aromatic N) is 1. The number of rotatable bonds is 6. The highest BCUT2D eigenvalue weighted by Crippen LogP contribution is 2.52. The normalized spacial score (nSPS) is 18.7. The number of hydrogen-bond donors (Lipinski definition) is 1. The van der Waals surface area contributed by atoms with Crippen LogP contribution < -0.4 is 24.4 Å². The van der Waals surface area contributed by atoms with Crippen molar-refractivity contribution in [3.63, 3.8) is 0 Å². The molecule has 7 nitrogen and oxygen atoms in total. The third-order valence-corrected chi connectivity index (χ3v) is 6.66. The maximum atomic E-state index is 13.8. The number of nitrogens with one attached hydrogen (secondary N) is 1. The number of ether oxygens (including phenoxy) is 3. The molecule has 1 aliphatic heterocycles. The van der Waals surface area contributed by atoms with Crippen molar-refractivity contribution < 1.29 is 23.8 Å². The number of ketones is 1. The summed E-state index contributed by atoms with van der Waals surface area (Å²) in [5.41, 5.74) is 3.44. The smallest absolute Gasteiger partial charge is 0.227 e. The van der Waals surface area contributed by atoms with Gasteiger partial charge in [0.1, 0.15) is 0 Å². The highest BCUT2D eigenvalue weighted by molar-refractivity contribution is 6.06. The number of allylic oxidation sites excluding steroid dienone is 1. The van der Waals surface area contributed by atoms with Gasteiger partial charge in [-0.1, -0.05) is 32.9 Å². The third kappa shape index (κ3) is 4.35. The Morgan fingerprint density at radius 2 is 1.74 bits per heavy atom. The van der Waals surface area contributed by atoms with E-state index in [-0.39, 0.29) is 17.1 Å². The number of benzene rings is 2. The molecular formula is C28H34N2O5. The van der Waals surface area contributed by atoms with Crippen LogP contribution in [0.25, 0.3) is 0 Å². The molecule has 0 radical (unpaired) electrons. The average molecular weight is 479 g/mol. The third-order valence-electron chi connectivity index (χ3n) is 6.66. The SMILES string of the molecule is CCCC(=O)N1c2ccccc2NC2=C(C(=O)CC(C)(C)C2)C1c1ccc(OC)c(OC)c1OC. The van der Waals surface area contributed by atoms with Crippen molar-refractivity contribution in [2.75, 3.05) is 31.5 Å². The molecule has 186 valence electrons. The van der Waals surface area contributed by atoms with Gasteiger partial charge in [0.25, 0.3) is 0 Å². The quantitative estimate of drug-likeness (QED) is 0.578. The number of hydrogen-bond acceptors (Lipinski definition) is 6. The van der Waals surface area contributed by atoms with E-state index in [1.165, 1.54) is 0 Å². The molecule has 7 heteroatoms. The Labute approximate surface area is 207 Å². The van der Waals surface area contributed by atoms with E-state index in [2.05, 4.69) is 19.2 Å². The Kier molecular flexibility index (Phi) is 6.79. The molecule has 35 heavy (non-hydrogen) atoms. The number of carbonyl (C=O) groups is 2. The van der Waals surface area contributed by atoms with Gasteiger partial charge in [-0.25, -0.2) is 0 Å². The second kappa shape index (κ2) is 9.64. The van der Waals surface area contributed by atoms with Gasteiger partial charge in [-0.05, 0) is 42.5 Å². The van der Waals surface area contributed by atoms with E-state index in [0.29, 0.717) is 54.1 Å². The van der Waals surface area contributed by atoms with Crippen LogP contribution in [0.5, 0.6) is 17.2 Å². The van der Waals surface area contributed by atoms with Gasteiger partial charge in [-0.15, -0.1) is 0 Å². The van der Waals surface area contributed by atoms with Gasteiger partial charge >= 0.3 is 0 Å². The first-order chi connectivity index (χ1) is 16.8. The maximum absolute atomic E-state index is 13.8. The molecule has 0 bridgehead atoms. The monoisotopic (exact) mass is 478 g/mol. The molecule has 1 atom stereocenters. The maximum Gasteiger partial charge on any atom is 0.227 e. The highest BCUT2D eigenvalue weighted by Gasteiger charge is 2.44. The molecule has 1 unspecified atom stereocenters. The van der Waals surface area contributed by atoms with Gasteiger partial charge in [-0.2, -0.15) is 0 Å². The Balaban J connectivity index is 2.08. The first kappa shape index (κ1) is 24.6. The lowest BCUT2D eigenvalue weighted by Gasteiger charge is -2.37. The summed E-state index contributed by atoms with van der Waals surface area (Å²) in [6, 6.07) is 10.7. The molecule has 2 aliphatic rings. The Morgan fingerprint density at radius 3 is 2.40 bits per heavy atom. The average Bonchev–Trinajstić information content (AvgIpc) is 2.96. The van der Waals surface area contributed by atoms with E-state index in [0.717, 1.165) is 17.1 Å². The molecule has 0 fully saturated rings. The molecule has 1 N–H and O–H groups in total. The zero-order chi connectivity index (χ0) is 25.3. The molecule has 1 heterocycles. The minimum atomic E-state index is -0.682. The van der Waals surface area contributed by atoms with Crippen LogP contribution in [-0.2, 0) is 9.59 Å². The largest absolute Gasteiger partial charge is 0.493 e. The van der Waals surface area contributed by atoms with Crippen LogP contribution in [0.15, 0.2) is 47.7 Å². The van der Waals surface area contributed by atoms with Crippen LogP contribution in [0.3, 0.4) is 0 Å².